The number of nitrogens with one attached hydrogen (secondary N) is 1. The molecule has 8 heteroatoms. The first-order valence-corrected chi connectivity index (χ1v) is 8.01. The Morgan fingerprint density at radius 3 is 2.52 bits per heavy atom. The van der Waals surface area contributed by atoms with Crippen LogP contribution in [0, 0.1) is 0 Å². The number of rotatable bonds is 6. The predicted octanol–water partition coefficient (Wildman–Crippen LogP) is 0.375. The van der Waals surface area contributed by atoms with Crippen LogP contribution >= 0.6 is 0 Å². The SMILES string of the molecule is COC(=O)c1cccc(N(CCNC(C)=O)S(C)(=O)=O)c1. The first-order valence-electron chi connectivity index (χ1n) is 6.16. The second-order valence-electron chi connectivity index (χ2n) is 4.36. The molecule has 0 atom stereocenters. The molecule has 0 saturated heterocycles. The zero-order valence-corrected chi connectivity index (χ0v) is 12.9. The van der Waals surface area contributed by atoms with Gasteiger partial charge in [-0.3, -0.25) is 9.10 Å². The molecular weight excluding hydrogens is 296 g/mol. The summed E-state index contributed by atoms with van der Waals surface area (Å²) < 4.78 is 29.4. The van der Waals surface area contributed by atoms with E-state index in [9.17, 15) is 18.0 Å². The highest BCUT2D eigenvalue weighted by Gasteiger charge is 2.18. The van der Waals surface area contributed by atoms with Gasteiger partial charge in [-0.25, -0.2) is 13.2 Å². The highest BCUT2D eigenvalue weighted by Crippen LogP contribution is 2.19. The number of carbonyl (C=O) groups excluding carboxylic acids is 2. The van der Waals surface area contributed by atoms with E-state index in [2.05, 4.69) is 10.1 Å². The highest BCUT2D eigenvalue weighted by atomic mass is 32.2. The van der Waals surface area contributed by atoms with Crippen LogP contribution in [0.15, 0.2) is 24.3 Å². The number of ether oxygens (including phenoxy) is 1. The molecule has 0 saturated carbocycles. The fourth-order valence-corrected chi connectivity index (χ4v) is 2.65. The number of hydrogen-bond acceptors (Lipinski definition) is 5. The third kappa shape index (κ3) is 5.07. The molecule has 0 radical (unpaired) electrons. The highest BCUT2D eigenvalue weighted by molar-refractivity contribution is 7.92. The van der Waals surface area contributed by atoms with E-state index in [-0.39, 0.29) is 24.6 Å². The van der Waals surface area contributed by atoms with Crippen LogP contribution in [0.2, 0.25) is 0 Å². The van der Waals surface area contributed by atoms with E-state index in [0.717, 1.165) is 10.6 Å². The van der Waals surface area contributed by atoms with Crippen LogP contribution in [0.25, 0.3) is 0 Å². The summed E-state index contributed by atoms with van der Waals surface area (Å²) in [7, 11) is -2.29. The molecule has 0 spiro atoms. The summed E-state index contributed by atoms with van der Waals surface area (Å²) in [6.45, 7) is 1.59. The Labute approximate surface area is 123 Å². The molecule has 0 fully saturated rings. The van der Waals surface area contributed by atoms with Gasteiger partial charge in [-0.1, -0.05) is 6.07 Å². The van der Waals surface area contributed by atoms with Gasteiger partial charge in [0.15, 0.2) is 0 Å². The van der Waals surface area contributed by atoms with Gasteiger partial charge in [0.2, 0.25) is 15.9 Å². The van der Waals surface area contributed by atoms with E-state index < -0.39 is 16.0 Å². The van der Waals surface area contributed by atoms with Crippen molar-refractivity contribution in [3.63, 3.8) is 0 Å². The zero-order chi connectivity index (χ0) is 16.0. The molecule has 116 valence electrons. The maximum atomic E-state index is 11.9. The lowest BCUT2D eigenvalue weighted by molar-refractivity contribution is -0.118. The number of benzene rings is 1. The van der Waals surface area contributed by atoms with Crippen molar-refractivity contribution in [3.8, 4) is 0 Å². The van der Waals surface area contributed by atoms with Crippen molar-refractivity contribution in [1.29, 1.82) is 0 Å². The van der Waals surface area contributed by atoms with Crippen molar-refractivity contribution in [2.45, 2.75) is 6.92 Å². The summed E-state index contributed by atoms with van der Waals surface area (Å²) in [6, 6.07) is 6.10. The number of sulfonamides is 1. The van der Waals surface area contributed by atoms with Gasteiger partial charge >= 0.3 is 5.97 Å². The van der Waals surface area contributed by atoms with Gasteiger partial charge in [-0.05, 0) is 18.2 Å². The fourth-order valence-electron chi connectivity index (χ4n) is 1.73. The lowest BCUT2D eigenvalue weighted by Crippen LogP contribution is -2.37. The van der Waals surface area contributed by atoms with Gasteiger partial charge in [0.05, 0.1) is 31.2 Å². The summed E-state index contributed by atoms with van der Waals surface area (Å²) in [5.74, 6) is -0.793. The summed E-state index contributed by atoms with van der Waals surface area (Å²) in [5.41, 5.74) is 0.592. The van der Waals surface area contributed by atoms with Gasteiger partial charge in [0, 0.05) is 13.5 Å². The fraction of sp³-hybridized carbons (Fsp3) is 0.385. The standard InChI is InChI=1S/C13H18N2O5S/c1-10(16)14-7-8-15(21(3,18)19)12-6-4-5-11(9-12)13(17)20-2/h4-6,9H,7-8H2,1-3H3,(H,14,16). The Hall–Kier alpha value is -2.09. The molecule has 1 aromatic carbocycles. The number of carbonyl (C=O) groups is 2. The number of nitrogens with zero attached hydrogens (tertiary/aromatic N) is 1. The zero-order valence-electron chi connectivity index (χ0n) is 12.1. The molecule has 21 heavy (non-hydrogen) atoms. The van der Waals surface area contributed by atoms with Crippen LogP contribution in [0.4, 0.5) is 5.69 Å². The van der Waals surface area contributed by atoms with Crippen LogP contribution < -0.4 is 9.62 Å². The topological polar surface area (TPSA) is 92.8 Å². The third-order valence-electron chi connectivity index (χ3n) is 2.64. The minimum atomic E-state index is -3.54. The Kier molecular flexibility index (Phi) is 5.71. The van der Waals surface area contributed by atoms with Crippen LogP contribution in [0.5, 0.6) is 0 Å². The first-order chi connectivity index (χ1) is 9.75. The van der Waals surface area contributed by atoms with Crippen molar-refractivity contribution in [1.82, 2.24) is 5.32 Å². The average molecular weight is 314 g/mol. The van der Waals surface area contributed by atoms with Gasteiger partial charge in [0.1, 0.15) is 0 Å². The van der Waals surface area contributed by atoms with Crippen molar-refractivity contribution >= 4 is 27.6 Å². The Morgan fingerprint density at radius 1 is 1.33 bits per heavy atom. The van der Waals surface area contributed by atoms with Crippen molar-refractivity contribution in [3.05, 3.63) is 29.8 Å². The largest absolute Gasteiger partial charge is 0.465 e. The Balaban J connectivity index is 3.04. The minimum absolute atomic E-state index is 0.0725. The number of amides is 1. The Bertz CT molecular complexity index is 627. The third-order valence-corrected chi connectivity index (χ3v) is 3.84. The number of esters is 1. The van der Waals surface area contributed by atoms with E-state index in [0.29, 0.717) is 5.69 Å². The smallest absolute Gasteiger partial charge is 0.337 e. The minimum Gasteiger partial charge on any atom is -0.465 e. The normalized spacial score (nSPS) is 10.8. The lowest BCUT2D eigenvalue weighted by atomic mass is 10.2. The molecule has 1 rings (SSSR count). The van der Waals surface area contributed by atoms with Crippen LogP contribution in [0.3, 0.4) is 0 Å². The van der Waals surface area contributed by atoms with E-state index >= 15 is 0 Å². The number of methoxy groups -OCH3 is 1. The molecule has 7 nitrogen and oxygen atoms in total. The van der Waals surface area contributed by atoms with Crippen molar-refractivity contribution in [2.75, 3.05) is 30.8 Å². The second-order valence-corrected chi connectivity index (χ2v) is 6.27. The monoisotopic (exact) mass is 314 g/mol. The van der Waals surface area contributed by atoms with E-state index in [1.54, 1.807) is 12.1 Å². The number of anilines is 1. The van der Waals surface area contributed by atoms with Crippen LogP contribution in [-0.4, -0.2) is 46.7 Å². The molecule has 1 aromatic rings. The molecule has 0 aliphatic rings. The molecule has 0 heterocycles. The summed E-state index contributed by atoms with van der Waals surface area (Å²) >= 11 is 0. The van der Waals surface area contributed by atoms with Crippen LogP contribution in [0.1, 0.15) is 17.3 Å². The van der Waals surface area contributed by atoms with E-state index in [4.69, 9.17) is 0 Å². The van der Waals surface area contributed by atoms with Crippen molar-refractivity contribution in [2.24, 2.45) is 0 Å². The molecule has 0 aromatic heterocycles. The summed E-state index contributed by atoms with van der Waals surface area (Å²) in [4.78, 5) is 22.3. The van der Waals surface area contributed by atoms with Crippen LogP contribution in [-0.2, 0) is 19.6 Å². The molecule has 0 bridgehead atoms. The Morgan fingerprint density at radius 2 is 2.00 bits per heavy atom. The molecule has 1 amide bonds. The first kappa shape index (κ1) is 17.0. The molecule has 0 unspecified atom stereocenters. The second kappa shape index (κ2) is 7.07. The van der Waals surface area contributed by atoms with E-state index in [1.165, 1.54) is 26.2 Å². The van der Waals surface area contributed by atoms with Gasteiger partial charge in [-0.15, -0.1) is 0 Å². The summed E-state index contributed by atoms with van der Waals surface area (Å²) in [5, 5.41) is 2.53. The van der Waals surface area contributed by atoms with Gasteiger partial charge < -0.3 is 10.1 Å². The maximum Gasteiger partial charge on any atom is 0.337 e. The lowest BCUT2D eigenvalue weighted by Gasteiger charge is -2.22. The van der Waals surface area contributed by atoms with Gasteiger partial charge in [-0.2, -0.15) is 0 Å². The molecule has 0 aliphatic carbocycles. The average Bonchev–Trinajstić information content (AvgIpc) is 2.41. The number of hydrogen-bond donors (Lipinski definition) is 1. The quantitative estimate of drug-likeness (QED) is 0.766. The van der Waals surface area contributed by atoms with Crippen molar-refractivity contribution < 1.29 is 22.7 Å². The van der Waals surface area contributed by atoms with Gasteiger partial charge in [0.25, 0.3) is 0 Å². The molecular formula is C13H18N2O5S. The maximum absolute atomic E-state index is 11.9. The van der Waals surface area contributed by atoms with E-state index in [1.807, 2.05) is 0 Å². The predicted molar refractivity (Wildman–Crippen MR) is 78.7 cm³/mol. The summed E-state index contributed by atoms with van der Waals surface area (Å²) in [6.07, 6.45) is 1.06. The molecule has 1 N–H and O–H groups in total. The molecule has 0 aliphatic heterocycles.